The molecular formula is C10H11F6N2O4Pt-. The van der Waals surface area contributed by atoms with Gasteiger partial charge in [0, 0.05) is 33.5 Å². The van der Waals surface area contributed by atoms with Gasteiger partial charge in [0.2, 0.25) is 0 Å². The Morgan fingerprint density at radius 1 is 0.913 bits per heavy atom. The van der Waals surface area contributed by atoms with Crippen LogP contribution in [0, 0.1) is 6.92 Å². The summed E-state index contributed by atoms with van der Waals surface area (Å²) in [5.41, 5.74) is 1.26. The molecule has 1 heterocycles. The van der Waals surface area contributed by atoms with Gasteiger partial charge in [-0.2, -0.15) is 26.3 Å². The Hall–Kier alpha value is -1.68. The van der Waals surface area contributed by atoms with Gasteiger partial charge in [-0.3, -0.25) is 4.98 Å². The Morgan fingerprint density at radius 3 is 1.22 bits per heavy atom. The van der Waals surface area contributed by atoms with Gasteiger partial charge in [-0.05, 0) is 24.6 Å². The number of aromatic nitrogens is 1. The molecule has 23 heavy (non-hydrogen) atoms. The average Bonchev–Trinajstić information content (AvgIpc) is 2.28. The zero-order valence-electron chi connectivity index (χ0n) is 11.1. The molecule has 0 aliphatic heterocycles. The van der Waals surface area contributed by atoms with E-state index in [1.165, 1.54) is 5.56 Å². The summed E-state index contributed by atoms with van der Waals surface area (Å²) in [4.78, 5) is 21.6. The topological polar surface area (TPSA) is 121 Å². The third-order valence-corrected chi connectivity index (χ3v) is 1.33. The summed E-state index contributed by atoms with van der Waals surface area (Å²) in [5, 5.41) is 14.2. The van der Waals surface area contributed by atoms with Crippen LogP contribution in [0.2, 0.25) is 0 Å². The van der Waals surface area contributed by atoms with Crippen molar-refractivity contribution in [2.75, 3.05) is 0 Å². The van der Waals surface area contributed by atoms with Gasteiger partial charge in [0.25, 0.3) is 0 Å². The van der Waals surface area contributed by atoms with Crippen LogP contribution < -0.4 is 0 Å². The minimum atomic E-state index is -5.08. The first-order chi connectivity index (χ1) is 9.28. The summed E-state index contributed by atoms with van der Waals surface area (Å²) < 4.78 is 63.5. The van der Waals surface area contributed by atoms with Crippen LogP contribution in [0.1, 0.15) is 5.56 Å². The van der Waals surface area contributed by atoms with Crippen molar-refractivity contribution >= 4 is 11.9 Å². The smallest absolute Gasteiger partial charge is 0.490 e. The molecule has 1 aromatic rings. The Labute approximate surface area is 140 Å². The van der Waals surface area contributed by atoms with Crippen LogP contribution in [0.3, 0.4) is 0 Å². The zero-order chi connectivity index (χ0) is 17.3. The monoisotopic (exact) mass is 532 g/mol. The largest absolute Gasteiger partial charge is 0.693 e. The quantitative estimate of drug-likeness (QED) is 0.497. The number of halogens is 6. The fourth-order valence-electron chi connectivity index (χ4n) is 0.426. The Kier molecular flexibility index (Phi) is 16.4. The van der Waals surface area contributed by atoms with E-state index in [1.54, 1.807) is 12.4 Å². The summed E-state index contributed by atoms with van der Waals surface area (Å²) >= 11 is 0. The number of carboxylic acids is 2. The van der Waals surface area contributed by atoms with Gasteiger partial charge in [-0.15, -0.1) is 0 Å². The summed E-state index contributed by atoms with van der Waals surface area (Å²) in [7, 11) is 0. The third kappa shape index (κ3) is 20.3. The molecule has 138 valence electrons. The van der Waals surface area contributed by atoms with Crippen LogP contribution in [-0.2, 0) is 30.7 Å². The van der Waals surface area contributed by atoms with Gasteiger partial charge < -0.3 is 16.4 Å². The number of pyridine rings is 1. The van der Waals surface area contributed by atoms with Gasteiger partial charge in [-0.1, -0.05) is 0 Å². The van der Waals surface area contributed by atoms with E-state index in [4.69, 9.17) is 19.8 Å². The fourth-order valence-corrected chi connectivity index (χ4v) is 0.426. The van der Waals surface area contributed by atoms with E-state index in [9.17, 15) is 26.3 Å². The predicted octanol–water partition coefficient (Wildman–Crippen LogP) is 3.37. The number of alkyl halides is 6. The molecule has 0 bridgehead atoms. The number of nitrogens with zero attached hydrogens (tertiary/aromatic N) is 1. The van der Waals surface area contributed by atoms with E-state index in [0.29, 0.717) is 0 Å². The van der Waals surface area contributed by atoms with Crippen molar-refractivity contribution in [3.05, 3.63) is 36.2 Å². The molecule has 0 atom stereocenters. The fraction of sp³-hybridized carbons (Fsp3) is 0.300. The normalized spacial score (nSPS) is 9.52. The van der Waals surface area contributed by atoms with Crippen molar-refractivity contribution in [1.82, 2.24) is 4.98 Å². The van der Waals surface area contributed by atoms with Crippen LogP contribution in [-0.4, -0.2) is 39.5 Å². The molecule has 6 nitrogen and oxygen atoms in total. The van der Waals surface area contributed by atoms with Crippen LogP contribution in [0.25, 0.3) is 6.15 Å². The molecule has 4 N–H and O–H groups in total. The minimum absolute atomic E-state index is 0. The SMILES string of the molecule is Cc1ccncc1.O=C(O)C(F)(F)F.O=C(O)C(F)(F)F.[NH2-].[Pt]. The molecule has 0 aliphatic carbocycles. The molecule has 0 aromatic carbocycles. The summed E-state index contributed by atoms with van der Waals surface area (Å²) in [6.07, 6.45) is -6.59. The minimum Gasteiger partial charge on any atom is -0.693 e. The van der Waals surface area contributed by atoms with Gasteiger partial charge >= 0.3 is 24.3 Å². The predicted molar refractivity (Wildman–Crippen MR) is 61.6 cm³/mol. The summed E-state index contributed by atoms with van der Waals surface area (Å²) in [5.74, 6) is -5.51. The Bertz CT molecular complexity index is 429. The average molecular weight is 532 g/mol. The van der Waals surface area contributed by atoms with Crippen LogP contribution in [0.15, 0.2) is 24.5 Å². The first-order valence-corrected chi connectivity index (χ1v) is 4.75. The summed E-state index contributed by atoms with van der Waals surface area (Å²) in [6, 6.07) is 3.94. The summed E-state index contributed by atoms with van der Waals surface area (Å²) in [6.45, 7) is 2.04. The molecule has 0 aliphatic rings. The number of aliphatic carboxylic acids is 2. The van der Waals surface area contributed by atoms with E-state index in [0.717, 1.165) is 0 Å². The second-order valence-corrected chi connectivity index (χ2v) is 3.13. The first kappa shape index (κ1) is 29.3. The number of hydrogen-bond donors (Lipinski definition) is 2. The van der Waals surface area contributed by atoms with Crippen molar-refractivity contribution < 1.29 is 67.2 Å². The van der Waals surface area contributed by atoms with Gasteiger partial charge in [0.1, 0.15) is 0 Å². The first-order valence-electron chi connectivity index (χ1n) is 4.75. The molecule has 0 unspecified atom stereocenters. The molecule has 0 saturated carbocycles. The molecule has 1 aromatic heterocycles. The van der Waals surface area contributed by atoms with Crippen molar-refractivity contribution in [2.45, 2.75) is 19.3 Å². The second kappa shape index (κ2) is 12.8. The van der Waals surface area contributed by atoms with Crippen molar-refractivity contribution in [3.63, 3.8) is 0 Å². The maximum atomic E-state index is 10.6. The molecule has 0 spiro atoms. The van der Waals surface area contributed by atoms with E-state index >= 15 is 0 Å². The van der Waals surface area contributed by atoms with E-state index in [1.807, 2.05) is 19.1 Å². The molecule has 0 saturated heterocycles. The number of hydrogen-bond acceptors (Lipinski definition) is 3. The van der Waals surface area contributed by atoms with Gasteiger partial charge in [0.15, 0.2) is 0 Å². The van der Waals surface area contributed by atoms with E-state index in [-0.39, 0.29) is 27.2 Å². The molecular weight excluding hydrogens is 521 g/mol. The van der Waals surface area contributed by atoms with Gasteiger partial charge in [-0.25, -0.2) is 9.59 Å². The number of aryl methyl sites for hydroxylation is 1. The molecule has 0 radical (unpaired) electrons. The van der Waals surface area contributed by atoms with Gasteiger partial charge in [0.05, 0.1) is 0 Å². The van der Waals surface area contributed by atoms with E-state index < -0.39 is 24.3 Å². The van der Waals surface area contributed by atoms with E-state index in [2.05, 4.69) is 4.98 Å². The number of rotatable bonds is 0. The number of nitrogens with two attached hydrogens (primary N) is 1. The zero-order valence-corrected chi connectivity index (χ0v) is 13.4. The van der Waals surface area contributed by atoms with Crippen molar-refractivity contribution in [2.24, 2.45) is 0 Å². The number of carboxylic acid groups (broad SMARTS) is 2. The standard InChI is InChI=1S/C6H7N.2C2HF3O2.H2N.Pt/c1-6-2-4-7-5-3-6;2*3-2(4,5)1(6)7;;/h2-5H,1H3;2*(H,6,7);1H2;/q;;;-1;. The van der Waals surface area contributed by atoms with Crippen molar-refractivity contribution in [3.8, 4) is 0 Å². The Balaban J connectivity index is -0.000000113. The van der Waals surface area contributed by atoms with Crippen LogP contribution in [0.4, 0.5) is 26.3 Å². The third-order valence-electron chi connectivity index (χ3n) is 1.33. The van der Waals surface area contributed by atoms with Crippen LogP contribution in [0.5, 0.6) is 0 Å². The molecule has 0 fully saturated rings. The van der Waals surface area contributed by atoms with Crippen molar-refractivity contribution in [1.29, 1.82) is 0 Å². The molecule has 1 rings (SSSR count). The number of carbonyl (C=O) groups is 2. The Morgan fingerprint density at radius 2 is 1.13 bits per heavy atom. The molecule has 13 heteroatoms. The second-order valence-electron chi connectivity index (χ2n) is 3.13. The maximum absolute atomic E-state index is 10.6. The molecule has 0 amide bonds. The van der Waals surface area contributed by atoms with Crippen LogP contribution >= 0.6 is 0 Å². The maximum Gasteiger partial charge on any atom is 0.490 e.